The van der Waals surface area contributed by atoms with Crippen molar-refractivity contribution in [1.82, 2.24) is 4.90 Å². The number of para-hydroxylation sites is 1. The summed E-state index contributed by atoms with van der Waals surface area (Å²) in [5.41, 5.74) is 1.56. The molecule has 1 aliphatic rings. The largest absolute Gasteiger partial charge is 0.380 e. The molecule has 1 aliphatic heterocycles. The highest BCUT2D eigenvalue weighted by molar-refractivity contribution is 8.18. The first-order chi connectivity index (χ1) is 12.7. The topological polar surface area (TPSA) is 41.9 Å². The van der Waals surface area contributed by atoms with Crippen LogP contribution in [0.3, 0.4) is 0 Å². The first kappa shape index (κ1) is 18.4. The maximum Gasteiger partial charge on any atom is 0.266 e. The summed E-state index contributed by atoms with van der Waals surface area (Å²) in [6.07, 6.45) is 1.76. The molecule has 2 aromatic carbocycles. The average molecular weight is 370 g/mol. The van der Waals surface area contributed by atoms with Crippen LogP contribution in [0.25, 0.3) is 6.08 Å². The highest BCUT2D eigenvalue weighted by atomic mass is 32.2. The maximum atomic E-state index is 13.1. The quantitative estimate of drug-likeness (QED) is 0.557. The van der Waals surface area contributed by atoms with Crippen LogP contribution in [0.15, 0.2) is 64.5 Å². The van der Waals surface area contributed by atoms with Crippen molar-refractivity contribution in [1.29, 1.82) is 0 Å². The molecule has 0 aromatic heterocycles. The molecule has 0 N–H and O–H groups in total. The predicted molar refractivity (Wildman–Crippen MR) is 104 cm³/mol. The Hall–Kier alpha value is -2.44. The summed E-state index contributed by atoms with van der Waals surface area (Å²) in [7, 11) is 0. The first-order valence-electron chi connectivity index (χ1n) is 8.36. The number of nitrogens with zero attached hydrogens (tertiary/aromatic N) is 2. The summed E-state index contributed by atoms with van der Waals surface area (Å²) >= 11 is 1.32. The molecule has 0 atom stereocenters. The molecule has 134 valence electrons. The van der Waals surface area contributed by atoms with Gasteiger partial charge in [0.2, 0.25) is 0 Å². The first-order valence-corrected chi connectivity index (χ1v) is 9.17. The highest BCUT2D eigenvalue weighted by Crippen LogP contribution is 2.34. The lowest BCUT2D eigenvalue weighted by Crippen LogP contribution is -2.32. The van der Waals surface area contributed by atoms with Gasteiger partial charge < -0.3 is 4.74 Å². The molecule has 26 heavy (non-hydrogen) atoms. The lowest BCUT2D eigenvalue weighted by molar-refractivity contribution is -0.122. The second-order valence-electron chi connectivity index (χ2n) is 5.55. The summed E-state index contributed by atoms with van der Waals surface area (Å²) in [6.45, 7) is 3.39. The van der Waals surface area contributed by atoms with Gasteiger partial charge in [0, 0.05) is 6.61 Å². The molecule has 2 aromatic rings. The molecule has 0 spiro atoms. The Balaban J connectivity index is 1.88. The molecule has 1 amide bonds. The van der Waals surface area contributed by atoms with Gasteiger partial charge in [0.15, 0.2) is 5.17 Å². The van der Waals surface area contributed by atoms with Crippen LogP contribution in [-0.2, 0) is 9.53 Å². The Morgan fingerprint density at radius 1 is 1.15 bits per heavy atom. The second kappa shape index (κ2) is 8.78. The summed E-state index contributed by atoms with van der Waals surface area (Å²) < 4.78 is 18.5. The number of rotatable bonds is 6. The van der Waals surface area contributed by atoms with Gasteiger partial charge >= 0.3 is 0 Å². The Morgan fingerprint density at radius 3 is 2.58 bits per heavy atom. The van der Waals surface area contributed by atoms with Gasteiger partial charge in [-0.3, -0.25) is 9.69 Å². The standard InChI is InChI=1S/C20H19FN2O2S/c1-2-25-13-12-23-19(24)18(14-15-8-10-16(21)11-9-15)26-20(23)22-17-6-4-3-5-7-17/h3-11,14H,2,12-13H2,1H3. The number of benzene rings is 2. The zero-order valence-electron chi connectivity index (χ0n) is 14.4. The summed E-state index contributed by atoms with van der Waals surface area (Å²) in [5, 5.41) is 0.620. The molecule has 1 fully saturated rings. The van der Waals surface area contributed by atoms with Gasteiger partial charge in [0.1, 0.15) is 5.82 Å². The molecule has 0 bridgehead atoms. The molecule has 0 radical (unpaired) electrons. The molecule has 1 heterocycles. The van der Waals surface area contributed by atoms with Crippen molar-refractivity contribution in [3.05, 3.63) is 70.9 Å². The number of aliphatic imine (C=N–C) groups is 1. The summed E-state index contributed by atoms with van der Waals surface area (Å²) in [6, 6.07) is 15.6. The molecular weight excluding hydrogens is 351 g/mol. The van der Waals surface area contributed by atoms with Crippen LogP contribution in [0.1, 0.15) is 12.5 Å². The summed E-state index contributed by atoms with van der Waals surface area (Å²) in [5.74, 6) is -0.420. The van der Waals surface area contributed by atoms with Crippen molar-refractivity contribution in [2.45, 2.75) is 6.92 Å². The van der Waals surface area contributed by atoms with Crippen LogP contribution in [0.5, 0.6) is 0 Å². The van der Waals surface area contributed by atoms with Gasteiger partial charge in [-0.25, -0.2) is 9.38 Å². The molecule has 3 rings (SSSR count). The molecule has 0 aliphatic carbocycles. The number of carbonyl (C=O) groups is 1. The van der Waals surface area contributed by atoms with Crippen LogP contribution in [-0.4, -0.2) is 35.7 Å². The third-order valence-corrected chi connectivity index (χ3v) is 4.71. The smallest absolute Gasteiger partial charge is 0.266 e. The van der Waals surface area contributed by atoms with E-state index in [1.54, 1.807) is 23.1 Å². The van der Waals surface area contributed by atoms with Crippen LogP contribution in [0, 0.1) is 5.82 Å². The number of hydrogen-bond acceptors (Lipinski definition) is 4. The predicted octanol–water partition coefficient (Wildman–Crippen LogP) is 4.47. The third kappa shape index (κ3) is 4.59. The van der Waals surface area contributed by atoms with Crippen LogP contribution >= 0.6 is 11.8 Å². The number of carbonyl (C=O) groups excluding carboxylic acids is 1. The maximum absolute atomic E-state index is 13.1. The van der Waals surface area contributed by atoms with E-state index in [-0.39, 0.29) is 11.7 Å². The lowest BCUT2D eigenvalue weighted by Gasteiger charge is -2.15. The number of halogens is 1. The lowest BCUT2D eigenvalue weighted by atomic mass is 10.2. The molecule has 0 saturated carbocycles. The van der Waals surface area contributed by atoms with Gasteiger partial charge in [-0.1, -0.05) is 30.3 Å². The van der Waals surface area contributed by atoms with Crippen LogP contribution < -0.4 is 0 Å². The fourth-order valence-corrected chi connectivity index (χ4v) is 3.44. The zero-order chi connectivity index (χ0) is 18.4. The number of amidine groups is 1. The fraction of sp³-hybridized carbons (Fsp3) is 0.200. The minimum absolute atomic E-state index is 0.117. The van der Waals surface area contributed by atoms with E-state index in [1.807, 2.05) is 37.3 Å². The average Bonchev–Trinajstić information content (AvgIpc) is 2.93. The van der Waals surface area contributed by atoms with Gasteiger partial charge in [-0.2, -0.15) is 0 Å². The Morgan fingerprint density at radius 2 is 1.88 bits per heavy atom. The number of thioether (sulfide) groups is 1. The number of hydrogen-bond donors (Lipinski definition) is 0. The van der Waals surface area contributed by atoms with Gasteiger partial charge in [-0.15, -0.1) is 0 Å². The van der Waals surface area contributed by atoms with E-state index in [1.165, 1.54) is 23.9 Å². The molecule has 4 nitrogen and oxygen atoms in total. The van der Waals surface area contributed by atoms with Crippen molar-refractivity contribution in [3.63, 3.8) is 0 Å². The van der Waals surface area contributed by atoms with Crippen molar-refractivity contribution in [3.8, 4) is 0 Å². The zero-order valence-corrected chi connectivity index (χ0v) is 15.2. The Labute approximate surface area is 156 Å². The van der Waals surface area contributed by atoms with Crippen molar-refractivity contribution >= 4 is 34.6 Å². The van der Waals surface area contributed by atoms with Crippen LogP contribution in [0.4, 0.5) is 10.1 Å². The SMILES string of the molecule is CCOCCN1C(=O)C(=Cc2ccc(F)cc2)SC1=Nc1ccccc1. The Bertz CT molecular complexity index is 819. The highest BCUT2D eigenvalue weighted by Gasteiger charge is 2.33. The van der Waals surface area contributed by atoms with E-state index in [2.05, 4.69) is 4.99 Å². The van der Waals surface area contributed by atoms with E-state index in [0.29, 0.717) is 29.8 Å². The third-order valence-electron chi connectivity index (χ3n) is 3.70. The van der Waals surface area contributed by atoms with Gasteiger partial charge in [0.05, 0.1) is 23.7 Å². The fourth-order valence-electron chi connectivity index (χ4n) is 2.41. The van der Waals surface area contributed by atoms with E-state index in [4.69, 9.17) is 4.74 Å². The summed E-state index contributed by atoms with van der Waals surface area (Å²) in [4.78, 5) is 19.6. The van der Waals surface area contributed by atoms with E-state index >= 15 is 0 Å². The van der Waals surface area contributed by atoms with Crippen LogP contribution in [0.2, 0.25) is 0 Å². The molecule has 6 heteroatoms. The molecule has 0 unspecified atom stereocenters. The van der Waals surface area contributed by atoms with Gasteiger partial charge in [-0.05, 0) is 54.6 Å². The Kier molecular flexibility index (Phi) is 6.20. The normalized spacial score (nSPS) is 17.5. The van der Waals surface area contributed by atoms with E-state index in [9.17, 15) is 9.18 Å². The minimum Gasteiger partial charge on any atom is -0.380 e. The monoisotopic (exact) mass is 370 g/mol. The van der Waals surface area contributed by atoms with E-state index < -0.39 is 0 Å². The number of ether oxygens (including phenoxy) is 1. The van der Waals surface area contributed by atoms with Crippen molar-refractivity contribution in [2.75, 3.05) is 19.8 Å². The van der Waals surface area contributed by atoms with E-state index in [0.717, 1.165) is 11.3 Å². The molecular formula is C20H19FN2O2S. The second-order valence-corrected chi connectivity index (χ2v) is 6.55. The molecule has 1 saturated heterocycles. The minimum atomic E-state index is -0.303. The van der Waals surface area contributed by atoms with Crippen molar-refractivity contribution in [2.24, 2.45) is 4.99 Å². The number of amides is 1. The van der Waals surface area contributed by atoms with Crippen molar-refractivity contribution < 1.29 is 13.9 Å². The van der Waals surface area contributed by atoms with Gasteiger partial charge in [0.25, 0.3) is 5.91 Å².